The molecule has 0 spiro atoms. The second kappa shape index (κ2) is 5.02. The van der Waals surface area contributed by atoms with Gasteiger partial charge in [0, 0.05) is 12.6 Å². The minimum atomic E-state index is 0.572. The van der Waals surface area contributed by atoms with Crippen molar-refractivity contribution >= 4 is 26.7 Å². The van der Waals surface area contributed by atoms with E-state index in [1.807, 2.05) is 0 Å². The monoisotopic (exact) mass is 249 g/mol. The van der Waals surface area contributed by atoms with Crippen molar-refractivity contribution in [3.05, 3.63) is 23.8 Å². The molecule has 0 fully saturated rings. The van der Waals surface area contributed by atoms with Gasteiger partial charge in [-0.3, -0.25) is 4.90 Å². The molecule has 0 saturated carbocycles. The highest BCUT2D eigenvalue weighted by atomic mass is 32.1. The summed E-state index contributed by atoms with van der Waals surface area (Å²) >= 11 is 1.56. The van der Waals surface area contributed by atoms with Crippen LogP contribution in [0.2, 0.25) is 0 Å². The molecule has 0 atom stereocenters. The lowest BCUT2D eigenvalue weighted by Gasteiger charge is -2.24. The Balaban J connectivity index is 2.23. The van der Waals surface area contributed by atoms with E-state index in [1.165, 1.54) is 10.3 Å². The molecule has 0 aliphatic rings. The fourth-order valence-electron chi connectivity index (χ4n) is 1.98. The van der Waals surface area contributed by atoms with Crippen LogP contribution < -0.4 is 5.73 Å². The molecule has 17 heavy (non-hydrogen) atoms. The van der Waals surface area contributed by atoms with Crippen LogP contribution >= 0.6 is 11.3 Å². The Kier molecular flexibility index (Phi) is 3.64. The number of fused-ring (bicyclic) bond motifs is 1. The van der Waals surface area contributed by atoms with Gasteiger partial charge in [0.15, 0.2) is 5.13 Å². The predicted octanol–water partition coefficient (Wildman–Crippen LogP) is 3.11. The Morgan fingerprint density at radius 2 is 2.18 bits per heavy atom. The summed E-state index contributed by atoms with van der Waals surface area (Å²) in [6.07, 6.45) is 0. The molecule has 0 bridgehead atoms. The molecule has 1 heterocycles. The van der Waals surface area contributed by atoms with Gasteiger partial charge >= 0.3 is 0 Å². The number of nitrogens with zero attached hydrogens (tertiary/aromatic N) is 2. The number of benzene rings is 1. The number of hydrogen-bond donors (Lipinski definition) is 1. The number of anilines is 1. The minimum absolute atomic E-state index is 0.572. The van der Waals surface area contributed by atoms with Gasteiger partial charge in [0.2, 0.25) is 0 Å². The predicted molar refractivity (Wildman–Crippen MR) is 75.3 cm³/mol. The Hall–Kier alpha value is -1.13. The SMILES string of the molecule is CCN(Cc1ccc2nc(N)sc2c1)C(C)C. The molecule has 3 nitrogen and oxygen atoms in total. The molecular formula is C13H19N3S. The van der Waals surface area contributed by atoms with Gasteiger partial charge in [0.05, 0.1) is 10.2 Å². The molecule has 0 aliphatic heterocycles. The van der Waals surface area contributed by atoms with E-state index >= 15 is 0 Å². The third-order valence-electron chi connectivity index (χ3n) is 2.99. The van der Waals surface area contributed by atoms with Crippen LogP contribution in [0.25, 0.3) is 10.2 Å². The van der Waals surface area contributed by atoms with E-state index in [9.17, 15) is 0 Å². The van der Waals surface area contributed by atoms with Crippen LogP contribution in [-0.2, 0) is 6.54 Å². The molecular weight excluding hydrogens is 230 g/mol. The Labute approximate surface area is 106 Å². The molecule has 0 amide bonds. The molecule has 1 aromatic carbocycles. The van der Waals surface area contributed by atoms with E-state index in [1.54, 1.807) is 11.3 Å². The highest BCUT2D eigenvalue weighted by Gasteiger charge is 2.09. The molecule has 0 saturated heterocycles. The van der Waals surface area contributed by atoms with E-state index in [0.717, 1.165) is 18.6 Å². The Bertz CT molecular complexity index is 504. The van der Waals surface area contributed by atoms with Crippen LogP contribution in [0.1, 0.15) is 26.3 Å². The van der Waals surface area contributed by atoms with Gasteiger partial charge in [-0.1, -0.05) is 24.3 Å². The molecule has 4 heteroatoms. The van der Waals surface area contributed by atoms with Gasteiger partial charge in [0.1, 0.15) is 0 Å². The van der Waals surface area contributed by atoms with E-state index in [0.29, 0.717) is 11.2 Å². The minimum Gasteiger partial charge on any atom is -0.375 e. The summed E-state index contributed by atoms with van der Waals surface area (Å²) < 4.78 is 1.18. The first kappa shape index (κ1) is 12.3. The quantitative estimate of drug-likeness (QED) is 0.905. The van der Waals surface area contributed by atoms with E-state index in [4.69, 9.17) is 5.73 Å². The highest BCUT2D eigenvalue weighted by Crippen LogP contribution is 2.25. The van der Waals surface area contributed by atoms with Crippen molar-refractivity contribution < 1.29 is 0 Å². The number of nitrogens with two attached hydrogens (primary N) is 1. The summed E-state index contributed by atoms with van der Waals surface area (Å²) in [5.74, 6) is 0. The maximum atomic E-state index is 5.71. The van der Waals surface area contributed by atoms with Crippen molar-refractivity contribution in [1.82, 2.24) is 9.88 Å². The van der Waals surface area contributed by atoms with Crippen LogP contribution in [0.5, 0.6) is 0 Å². The van der Waals surface area contributed by atoms with Gasteiger partial charge in [-0.25, -0.2) is 4.98 Å². The average molecular weight is 249 g/mol. The molecule has 1 aromatic heterocycles. The zero-order chi connectivity index (χ0) is 12.4. The van der Waals surface area contributed by atoms with Crippen molar-refractivity contribution in [2.75, 3.05) is 12.3 Å². The smallest absolute Gasteiger partial charge is 0.181 e. The van der Waals surface area contributed by atoms with Gasteiger partial charge in [0.25, 0.3) is 0 Å². The maximum absolute atomic E-state index is 5.71. The summed E-state index contributed by atoms with van der Waals surface area (Å²) in [4.78, 5) is 6.71. The van der Waals surface area contributed by atoms with Crippen molar-refractivity contribution in [2.45, 2.75) is 33.4 Å². The summed E-state index contributed by atoms with van der Waals surface area (Å²) in [5, 5.41) is 0.647. The molecule has 0 aliphatic carbocycles. The summed E-state index contributed by atoms with van der Waals surface area (Å²) in [5.41, 5.74) is 8.05. The molecule has 0 radical (unpaired) electrons. The molecule has 2 rings (SSSR count). The van der Waals surface area contributed by atoms with Crippen molar-refractivity contribution in [1.29, 1.82) is 0 Å². The first-order chi connectivity index (χ1) is 8.10. The standard InChI is InChI=1S/C13H19N3S/c1-4-16(9(2)3)8-10-5-6-11-12(7-10)17-13(14)15-11/h5-7,9H,4,8H2,1-3H3,(H2,14,15). The van der Waals surface area contributed by atoms with Gasteiger partial charge in [-0.2, -0.15) is 0 Å². The normalized spacial score (nSPS) is 11.8. The van der Waals surface area contributed by atoms with Crippen LogP contribution in [-0.4, -0.2) is 22.5 Å². The summed E-state index contributed by atoms with van der Waals surface area (Å²) in [7, 11) is 0. The van der Waals surface area contributed by atoms with Crippen LogP contribution in [0.15, 0.2) is 18.2 Å². The zero-order valence-corrected chi connectivity index (χ0v) is 11.4. The Morgan fingerprint density at radius 3 is 2.82 bits per heavy atom. The fraction of sp³-hybridized carbons (Fsp3) is 0.462. The lowest BCUT2D eigenvalue weighted by molar-refractivity contribution is 0.225. The lowest BCUT2D eigenvalue weighted by Crippen LogP contribution is -2.29. The summed E-state index contributed by atoms with van der Waals surface area (Å²) in [6, 6.07) is 6.98. The fourth-order valence-corrected chi connectivity index (χ4v) is 2.78. The molecule has 92 valence electrons. The molecule has 2 N–H and O–H groups in total. The van der Waals surface area contributed by atoms with E-state index in [-0.39, 0.29) is 0 Å². The second-order valence-corrected chi connectivity index (χ2v) is 5.57. The number of thiazole rings is 1. The van der Waals surface area contributed by atoms with Crippen LogP contribution in [0.4, 0.5) is 5.13 Å². The maximum Gasteiger partial charge on any atom is 0.181 e. The topological polar surface area (TPSA) is 42.2 Å². The average Bonchev–Trinajstić information content (AvgIpc) is 2.64. The van der Waals surface area contributed by atoms with Crippen molar-refractivity contribution in [3.63, 3.8) is 0 Å². The first-order valence-electron chi connectivity index (χ1n) is 5.99. The van der Waals surface area contributed by atoms with Gasteiger partial charge < -0.3 is 5.73 Å². The van der Waals surface area contributed by atoms with Crippen LogP contribution in [0.3, 0.4) is 0 Å². The van der Waals surface area contributed by atoms with Gasteiger partial charge in [-0.05, 0) is 38.1 Å². The largest absolute Gasteiger partial charge is 0.375 e. The number of hydrogen-bond acceptors (Lipinski definition) is 4. The summed E-state index contributed by atoms with van der Waals surface area (Å²) in [6.45, 7) is 8.71. The number of aromatic nitrogens is 1. The molecule has 2 aromatic rings. The third kappa shape index (κ3) is 2.76. The van der Waals surface area contributed by atoms with Gasteiger partial charge in [-0.15, -0.1) is 0 Å². The van der Waals surface area contributed by atoms with Crippen molar-refractivity contribution in [3.8, 4) is 0 Å². The van der Waals surface area contributed by atoms with E-state index < -0.39 is 0 Å². The number of rotatable bonds is 4. The molecule has 0 unspecified atom stereocenters. The second-order valence-electron chi connectivity index (χ2n) is 4.51. The lowest BCUT2D eigenvalue weighted by atomic mass is 10.2. The zero-order valence-electron chi connectivity index (χ0n) is 10.6. The number of nitrogen functional groups attached to an aromatic ring is 1. The van der Waals surface area contributed by atoms with E-state index in [2.05, 4.69) is 48.9 Å². The van der Waals surface area contributed by atoms with Crippen LogP contribution in [0, 0.1) is 0 Å². The first-order valence-corrected chi connectivity index (χ1v) is 6.80. The highest BCUT2D eigenvalue weighted by molar-refractivity contribution is 7.22. The third-order valence-corrected chi connectivity index (χ3v) is 3.84. The Morgan fingerprint density at radius 1 is 1.41 bits per heavy atom. The van der Waals surface area contributed by atoms with Crippen molar-refractivity contribution in [2.24, 2.45) is 0 Å².